The van der Waals surface area contributed by atoms with Crippen molar-refractivity contribution in [3.8, 4) is 0 Å². The van der Waals surface area contributed by atoms with E-state index in [0.717, 1.165) is 19.4 Å². The van der Waals surface area contributed by atoms with Gasteiger partial charge in [0.25, 0.3) is 5.69 Å². The van der Waals surface area contributed by atoms with Crippen LogP contribution >= 0.6 is 0 Å². The average Bonchev–Trinajstić information content (AvgIpc) is 2.46. The maximum absolute atomic E-state index is 11.2. The highest BCUT2D eigenvalue weighted by molar-refractivity contribution is 5.94. The highest BCUT2D eigenvalue weighted by Gasteiger charge is 2.20. The van der Waals surface area contributed by atoms with Gasteiger partial charge in [-0.25, -0.2) is 4.79 Å². The molecule has 2 rings (SSSR count). The molecule has 1 aromatic rings. The van der Waals surface area contributed by atoms with Gasteiger partial charge < -0.3 is 15.3 Å². The lowest BCUT2D eigenvalue weighted by molar-refractivity contribution is -0.384. The van der Waals surface area contributed by atoms with Crippen molar-refractivity contribution in [1.82, 2.24) is 4.90 Å². The van der Waals surface area contributed by atoms with Gasteiger partial charge in [-0.2, -0.15) is 0 Å². The molecule has 1 aliphatic rings. The van der Waals surface area contributed by atoms with Gasteiger partial charge in [0.2, 0.25) is 0 Å². The van der Waals surface area contributed by atoms with Gasteiger partial charge in [0.15, 0.2) is 0 Å². The second kappa shape index (κ2) is 6.53. The molecule has 7 heteroatoms. The first-order chi connectivity index (χ1) is 9.99. The van der Waals surface area contributed by atoms with Crippen molar-refractivity contribution in [3.05, 3.63) is 33.9 Å². The van der Waals surface area contributed by atoms with Crippen LogP contribution in [0.1, 0.15) is 29.6 Å². The number of non-ortho nitro benzene ring substituents is 1. The average molecular weight is 293 g/mol. The van der Waals surface area contributed by atoms with Crippen molar-refractivity contribution in [3.63, 3.8) is 0 Å². The van der Waals surface area contributed by atoms with E-state index in [9.17, 15) is 14.9 Å². The Hall–Kier alpha value is -2.15. The van der Waals surface area contributed by atoms with Gasteiger partial charge in [-0.1, -0.05) is 6.42 Å². The van der Waals surface area contributed by atoms with E-state index in [1.807, 2.05) is 7.05 Å². The first-order valence-electron chi connectivity index (χ1n) is 6.95. The number of anilines is 1. The van der Waals surface area contributed by atoms with Crippen LogP contribution in [0.15, 0.2) is 18.2 Å². The fourth-order valence-electron chi connectivity index (χ4n) is 2.61. The summed E-state index contributed by atoms with van der Waals surface area (Å²) in [6.45, 7) is 1.60. The Morgan fingerprint density at radius 3 is 2.90 bits per heavy atom. The lowest BCUT2D eigenvalue weighted by Gasteiger charge is -2.32. The summed E-state index contributed by atoms with van der Waals surface area (Å²) in [6, 6.07) is 4.08. The van der Waals surface area contributed by atoms with E-state index in [0.29, 0.717) is 18.3 Å². The molecule has 1 fully saturated rings. The summed E-state index contributed by atoms with van der Waals surface area (Å²) in [7, 11) is 2.04. The molecular weight excluding hydrogens is 274 g/mol. The molecule has 0 aromatic heterocycles. The number of hydrogen-bond acceptors (Lipinski definition) is 5. The molecule has 0 radical (unpaired) electrons. The zero-order chi connectivity index (χ0) is 15.4. The van der Waals surface area contributed by atoms with Gasteiger partial charge in [0.05, 0.1) is 16.2 Å². The summed E-state index contributed by atoms with van der Waals surface area (Å²) < 4.78 is 0. The Morgan fingerprint density at radius 2 is 2.29 bits per heavy atom. The van der Waals surface area contributed by atoms with Crippen LogP contribution in [0, 0.1) is 10.1 Å². The molecule has 7 nitrogen and oxygen atoms in total. The predicted molar refractivity (Wildman–Crippen MR) is 78.8 cm³/mol. The molecule has 0 amide bonds. The number of carbonyl (C=O) groups is 1. The molecule has 1 saturated heterocycles. The summed E-state index contributed by atoms with van der Waals surface area (Å²) in [5.41, 5.74) is 0.245. The van der Waals surface area contributed by atoms with Crippen LogP contribution in [0.2, 0.25) is 0 Å². The zero-order valence-electron chi connectivity index (χ0n) is 11.9. The number of carboxylic acid groups (broad SMARTS) is 1. The minimum Gasteiger partial charge on any atom is -0.478 e. The number of rotatable bonds is 5. The lowest BCUT2D eigenvalue weighted by Crippen LogP contribution is -2.40. The summed E-state index contributed by atoms with van der Waals surface area (Å²) >= 11 is 0. The quantitative estimate of drug-likeness (QED) is 0.638. The second-order valence-electron chi connectivity index (χ2n) is 5.30. The Labute approximate surface area is 122 Å². The van der Waals surface area contributed by atoms with Crippen LogP contribution in [-0.2, 0) is 0 Å². The number of carboxylic acids is 1. The second-order valence-corrected chi connectivity index (χ2v) is 5.30. The predicted octanol–water partition coefficient (Wildman–Crippen LogP) is 2.19. The zero-order valence-corrected chi connectivity index (χ0v) is 11.9. The monoisotopic (exact) mass is 293 g/mol. The Morgan fingerprint density at radius 1 is 1.52 bits per heavy atom. The normalized spacial score (nSPS) is 19.2. The van der Waals surface area contributed by atoms with Crippen molar-refractivity contribution < 1.29 is 14.8 Å². The van der Waals surface area contributed by atoms with E-state index < -0.39 is 10.9 Å². The molecule has 1 aromatic carbocycles. The van der Waals surface area contributed by atoms with Crippen LogP contribution in [-0.4, -0.2) is 47.1 Å². The SMILES string of the molecule is CN1CCCCC1CNc1cc([N+](=O)[O-])ccc1C(=O)O. The van der Waals surface area contributed by atoms with Crippen LogP contribution in [0.25, 0.3) is 0 Å². The number of nitro benzene ring substituents is 1. The standard InChI is InChI=1S/C14H19N3O4/c1-16-7-3-2-4-11(16)9-15-13-8-10(17(20)21)5-6-12(13)14(18)19/h5-6,8,11,15H,2-4,7,9H2,1H3,(H,18,19). The maximum Gasteiger partial charge on any atom is 0.337 e. The summed E-state index contributed by atoms with van der Waals surface area (Å²) in [6.07, 6.45) is 3.36. The van der Waals surface area contributed by atoms with Crippen molar-refractivity contribution in [2.45, 2.75) is 25.3 Å². The third kappa shape index (κ3) is 3.69. The number of likely N-dealkylation sites (tertiary alicyclic amines) is 1. The van der Waals surface area contributed by atoms with E-state index >= 15 is 0 Å². The van der Waals surface area contributed by atoms with Gasteiger partial charge in [0, 0.05) is 24.7 Å². The first kappa shape index (κ1) is 15.2. The molecule has 0 saturated carbocycles. The Kier molecular flexibility index (Phi) is 4.74. The number of nitrogens with one attached hydrogen (secondary N) is 1. The number of hydrogen-bond donors (Lipinski definition) is 2. The van der Waals surface area contributed by atoms with Crippen molar-refractivity contribution in [2.75, 3.05) is 25.5 Å². The molecule has 2 N–H and O–H groups in total. The van der Waals surface area contributed by atoms with Gasteiger partial charge in [0.1, 0.15) is 0 Å². The Bertz CT molecular complexity index is 547. The highest BCUT2D eigenvalue weighted by atomic mass is 16.6. The van der Waals surface area contributed by atoms with E-state index in [4.69, 9.17) is 5.11 Å². The summed E-state index contributed by atoms with van der Waals surface area (Å²) in [4.78, 5) is 23.7. The van der Waals surface area contributed by atoms with Crippen LogP contribution < -0.4 is 5.32 Å². The number of benzene rings is 1. The van der Waals surface area contributed by atoms with Gasteiger partial charge >= 0.3 is 5.97 Å². The third-order valence-electron chi connectivity index (χ3n) is 3.89. The molecule has 114 valence electrons. The smallest absolute Gasteiger partial charge is 0.337 e. The number of piperidine rings is 1. The van der Waals surface area contributed by atoms with Crippen molar-refractivity contribution in [2.24, 2.45) is 0 Å². The van der Waals surface area contributed by atoms with Crippen LogP contribution in [0.5, 0.6) is 0 Å². The van der Waals surface area contributed by atoms with Gasteiger partial charge in [-0.3, -0.25) is 10.1 Å². The molecule has 0 aliphatic carbocycles. The molecular formula is C14H19N3O4. The molecule has 1 unspecified atom stereocenters. The molecule has 1 atom stereocenters. The molecule has 1 aliphatic heterocycles. The first-order valence-corrected chi connectivity index (χ1v) is 6.95. The minimum atomic E-state index is -1.09. The highest BCUT2D eigenvalue weighted by Crippen LogP contribution is 2.24. The Balaban J connectivity index is 2.14. The number of nitro groups is 1. The van der Waals surface area contributed by atoms with Crippen LogP contribution in [0.3, 0.4) is 0 Å². The number of aromatic carboxylic acids is 1. The summed E-state index contributed by atoms with van der Waals surface area (Å²) in [5, 5.41) is 23.0. The van der Waals surface area contributed by atoms with E-state index in [-0.39, 0.29) is 11.3 Å². The number of nitrogens with zero attached hydrogens (tertiary/aromatic N) is 2. The molecule has 21 heavy (non-hydrogen) atoms. The molecule has 1 heterocycles. The summed E-state index contributed by atoms with van der Waals surface area (Å²) in [5.74, 6) is -1.09. The topological polar surface area (TPSA) is 95.7 Å². The molecule has 0 bridgehead atoms. The maximum atomic E-state index is 11.2. The van der Waals surface area contributed by atoms with Crippen LogP contribution in [0.4, 0.5) is 11.4 Å². The number of likely N-dealkylation sites (N-methyl/N-ethyl adjacent to an activating group) is 1. The lowest BCUT2D eigenvalue weighted by atomic mass is 10.0. The van der Waals surface area contributed by atoms with E-state index in [1.165, 1.54) is 24.6 Å². The van der Waals surface area contributed by atoms with Gasteiger partial charge in [-0.15, -0.1) is 0 Å². The van der Waals surface area contributed by atoms with Crippen molar-refractivity contribution in [1.29, 1.82) is 0 Å². The van der Waals surface area contributed by atoms with Crippen molar-refractivity contribution >= 4 is 17.3 Å². The molecule has 0 spiro atoms. The largest absolute Gasteiger partial charge is 0.478 e. The van der Waals surface area contributed by atoms with E-state index in [2.05, 4.69) is 10.2 Å². The van der Waals surface area contributed by atoms with E-state index in [1.54, 1.807) is 0 Å². The fourth-order valence-corrected chi connectivity index (χ4v) is 2.61. The fraction of sp³-hybridized carbons (Fsp3) is 0.500. The minimum absolute atomic E-state index is 0.0547. The van der Waals surface area contributed by atoms with Gasteiger partial charge in [-0.05, 0) is 32.5 Å². The third-order valence-corrected chi connectivity index (χ3v) is 3.89.